The normalized spacial score (nSPS) is 11.9. The predicted octanol–water partition coefficient (Wildman–Crippen LogP) is 0.209. The molecule has 1 unspecified atom stereocenters. The van der Waals surface area contributed by atoms with Crippen LogP contribution < -0.4 is 5.32 Å². The van der Waals surface area contributed by atoms with Crippen LogP contribution in [0.5, 0.6) is 0 Å². The fourth-order valence-electron chi connectivity index (χ4n) is 1.69. The molecule has 2 rings (SSSR count). The molecule has 23 heavy (non-hydrogen) atoms. The quantitative estimate of drug-likeness (QED) is 0.739. The van der Waals surface area contributed by atoms with Crippen molar-refractivity contribution in [3.05, 3.63) is 29.3 Å². The number of nitrogens with one attached hydrogen (secondary N) is 1. The van der Waals surface area contributed by atoms with Gasteiger partial charge in [0.15, 0.2) is 6.10 Å². The molecule has 122 valence electrons. The molecule has 0 bridgehead atoms. The van der Waals surface area contributed by atoms with E-state index in [0.717, 1.165) is 4.80 Å². The van der Waals surface area contributed by atoms with Gasteiger partial charge in [0, 0.05) is 17.7 Å². The van der Waals surface area contributed by atoms with E-state index in [9.17, 15) is 9.59 Å². The Morgan fingerprint density at radius 1 is 1.39 bits per heavy atom. The van der Waals surface area contributed by atoms with Crippen LogP contribution in [-0.4, -0.2) is 56.9 Å². The van der Waals surface area contributed by atoms with Crippen LogP contribution in [0.3, 0.4) is 0 Å². The molecule has 0 spiro atoms. The summed E-state index contributed by atoms with van der Waals surface area (Å²) in [5, 5.41) is 23.5. The molecule has 1 atom stereocenters. The molecular formula is C13H14ClN5O4. The third-order valence-corrected chi connectivity index (χ3v) is 3.14. The van der Waals surface area contributed by atoms with Gasteiger partial charge in [-0.05, 0) is 29.5 Å². The van der Waals surface area contributed by atoms with Crippen molar-refractivity contribution in [1.29, 1.82) is 0 Å². The van der Waals surface area contributed by atoms with Gasteiger partial charge in [0.25, 0.3) is 0 Å². The number of rotatable bonds is 7. The van der Waals surface area contributed by atoms with Gasteiger partial charge in [-0.25, -0.2) is 4.79 Å². The minimum atomic E-state index is -1.16. The van der Waals surface area contributed by atoms with Gasteiger partial charge in [0.2, 0.25) is 11.7 Å². The third-order valence-electron chi connectivity index (χ3n) is 2.88. The second-order valence-corrected chi connectivity index (χ2v) is 4.95. The van der Waals surface area contributed by atoms with Gasteiger partial charge in [-0.2, -0.15) is 4.80 Å². The summed E-state index contributed by atoms with van der Waals surface area (Å²) in [5.41, 5.74) is 0.714. The maximum atomic E-state index is 11.7. The molecule has 0 fully saturated rings. The van der Waals surface area contributed by atoms with E-state index in [0.29, 0.717) is 16.4 Å². The topological polar surface area (TPSA) is 119 Å². The zero-order chi connectivity index (χ0) is 16.8. The van der Waals surface area contributed by atoms with Crippen LogP contribution in [-0.2, 0) is 20.9 Å². The predicted molar refractivity (Wildman–Crippen MR) is 79.7 cm³/mol. The molecule has 0 aliphatic heterocycles. The van der Waals surface area contributed by atoms with Crippen molar-refractivity contribution in [3.8, 4) is 11.4 Å². The van der Waals surface area contributed by atoms with E-state index in [1.54, 1.807) is 24.3 Å². The van der Waals surface area contributed by atoms with E-state index in [-0.39, 0.29) is 13.1 Å². The summed E-state index contributed by atoms with van der Waals surface area (Å²) in [6.07, 6.45) is -1.10. The van der Waals surface area contributed by atoms with Gasteiger partial charge in [0.1, 0.15) is 6.54 Å². The number of carboxylic acids is 1. The fraction of sp³-hybridized carbons (Fsp3) is 0.308. The highest BCUT2D eigenvalue weighted by Gasteiger charge is 2.17. The van der Waals surface area contributed by atoms with Crippen molar-refractivity contribution in [3.63, 3.8) is 0 Å². The second kappa shape index (κ2) is 7.65. The van der Waals surface area contributed by atoms with Crippen molar-refractivity contribution in [1.82, 2.24) is 25.5 Å². The number of carbonyl (C=O) groups is 2. The van der Waals surface area contributed by atoms with Crippen LogP contribution >= 0.6 is 11.6 Å². The smallest absolute Gasteiger partial charge is 0.334 e. The number of nitrogens with zero attached hydrogens (tertiary/aromatic N) is 4. The molecule has 0 saturated carbocycles. The summed E-state index contributed by atoms with van der Waals surface area (Å²) in [6, 6.07) is 6.86. The first-order chi connectivity index (χ1) is 11.0. The summed E-state index contributed by atoms with van der Waals surface area (Å²) in [7, 11) is 1.25. The lowest BCUT2D eigenvalue weighted by atomic mass is 10.2. The molecular weight excluding hydrogens is 326 g/mol. The highest BCUT2D eigenvalue weighted by Crippen LogP contribution is 2.16. The lowest BCUT2D eigenvalue weighted by Gasteiger charge is -2.10. The minimum Gasteiger partial charge on any atom is -0.479 e. The van der Waals surface area contributed by atoms with Crippen molar-refractivity contribution in [2.24, 2.45) is 0 Å². The molecule has 0 aliphatic carbocycles. The number of methoxy groups -OCH3 is 1. The van der Waals surface area contributed by atoms with E-state index in [1.165, 1.54) is 7.11 Å². The number of benzene rings is 1. The van der Waals surface area contributed by atoms with Crippen LogP contribution in [0.25, 0.3) is 11.4 Å². The summed E-state index contributed by atoms with van der Waals surface area (Å²) in [5.74, 6) is -1.25. The Morgan fingerprint density at radius 3 is 2.70 bits per heavy atom. The van der Waals surface area contributed by atoms with E-state index < -0.39 is 18.0 Å². The standard InChI is InChI=1S/C13H14ClN5O4/c1-23-10(13(21)22)6-15-11(20)7-19-17-12(16-18-19)8-2-4-9(14)5-3-8/h2-5,10H,6-7H2,1H3,(H,15,20)(H,21,22). The summed E-state index contributed by atoms with van der Waals surface area (Å²) in [6.45, 7) is -0.333. The largest absolute Gasteiger partial charge is 0.479 e. The fourth-order valence-corrected chi connectivity index (χ4v) is 1.81. The van der Waals surface area contributed by atoms with Gasteiger partial charge in [-0.15, -0.1) is 10.2 Å². The average molecular weight is 340 g/mol. The van der Waals surface area contributed by atoms with Crippen LogP contribution in [0, 0.1) is 0 Å². The summed E-state index contributed by atoms with van der Waals surface area (Å²) < 4.78 is 4.71. The number of aliphatic carboxylic acids is 1. The molecule has 0 radical (unpaired) electrons. The first-order valence-electron chi connectivity index (χ1n) is 6.55. The maximum Gasteiger partial charge on any atom is 0.334 e. The Labute approximate surface area is 136 Å². The molecule has 1 amide bonds. The highest BCUT2D eigenvalue weighted by atomic mass is 35.5. The number of hydrogen-bond acceptors (Lipinski definition) is 6. The number of tetrazole rings is 1. The first-order valence-corrected chi connectivity index (χ1v) is 6.93. The number of amides is 1. The zero-order valence-electron chi connectivity index (χ0n) is 12.1. The zero-order valence-corrected chi connectivity index (χ0v) is 12.9. The number of hydrogen-bond donors (Lipinski definition) is 2. The summed E-state index contributed by atoms with van der Waals surface area (Å²) in [4.78, 5) is 23.6. The van der Waals surface area contributed by atoms with Gasteiger partial charge < -0.3 is 15.2 Å². The van der Waals surface area contributed by atoms with Gasteiger partial charge >= 0.3 is 5.97 Å². The Kier molecular flexibility index (Phi) is 5.61. The van der Waals surface area contributed by atoms with E-state index >= 15 is 0 Å². The molecule has 0 saturated heterocycles. The molecule has 1 aromatic carbocycles. The van der Waals surface area contributed by atoms with Crippen LogP contribution in [0.2, 0.25) is 5.02 Å². The van der Waals surface area contributed by atoms with Crippen molar-refractivity contribution in [2.75, 3.05) is 13.7 Å². The number of carboxylic acid groups (broad SMARTS) is 1. The lowest BCUT2D eigenvalue weighted by Crippen LogP contribution is -2.39. The summed E-state index contributed by atoms with van der Waals surface area (Å²) >= 11 is 5.80. The van der Waals surface area contributed by atoms with Crippen molar-refractivity contribution in [2.45, 2.75) is 12.6 Å². The van der Waals surface area contributed by atoms with E-state index in [1.807, 2.05) is 0 Å². The molecule has 2 N–H and O–H groups in total. The molecule has 2 aromatic rings. The average Bonchev–Trinajstić information content (AvgIpc) is 2.96. The lowest BCUT2D eigenvalue weighted by molar-refractivity contribution is -0.148. The first kappa shape index (κ1) is 16.8. The van der Waals surface area contributed by atoms with Crippen LogP contribution in [0.1, 0.15) is 0 Å². The van der Waals surface area contributed by atoms with Crippen molar-refractivity contribution >= 4 is 23.5 Å². The molecule has 10 heteroatoms. The van der Waals surface area contributed by atoms with E-state index in [2.05, 4.69) is 20.7 Å². The number of ether oxygens (including phenoxy) is 1. The van der Waals surface area contributed by atoms with Gasteiger partial charge in [-0.3, -0.25) is 4.79 Å². The Morgan fingerprint density at radius 2 is 2.09 bits per heavy atom. The Balaban J connectivity index is 1.92. The molecule has 9 nitrogen and oxygen atoms in total. The molecule has 1 aromatic heterocycles. The number of aromatic nitrogens is 4. The second-order valence-electron chi connectivity index (χ2n) is 4.52. The SMILES string of the molecule is COC(CNC(=O)Cn1nnc(-c2ccc(Cl)cc2)n1)C(=O)O. The van der Waals surface area contributed by atoms with Crippen LogP contribution in [0.15, 0.2) is 24.3 Å². The number of halogens is 1. The van der Waals surface area contributed by atoms with Gasteiger partial charge in [-0.1, -0.05) is 11.6 Å². The van der Waals surface area contributed by atoms with Crippen LogP contribution in [0.4, 0.5) is 0 Å². The Bertz CT molecular complexity index is 688. The monoisotopic (exact) mass is 339 g/mol. The van der Waals surface area contributed by atoms with E-state index in [4.69, 9.17) is 21.4 Å². The maximum absolute atomic E-state index is 11.7. The minimum absolute atomic E-state index is 0.149. The number of carbonyl (C=O) groups excluding carboxylic acids is 1. The molecule has 1 heterocycles. The highest BCUT2D eigenvalue weighted by molar-refractivity contribution is 6.30. The molecule has 0 aliphatic rings. The van der Waals surface area contributed by atoms with Gasteiger partial charge in [0.05, 0.1) is 6.54 Å². The Hall–Kier alpha value is -2.52. The van der Waals surface area contributed by atoms with Crippen molar-refractivity contribution < 1.29 is 19.4 Å². The third kappa shape index (κ3) is 4.73.